The smallest absolute Gasteiger partial charge is 0.257 e. The predicted molar refractivity (Wildman–Crippen MR) is 71.3 cm³/mol. The molecule has 6 heteroatoms. The average molecular weight is 284 g/mol. The maximum Gasteiger partial charge on any atom is 0.257 e. The maximum atomic E-state index is 13.9. The summed E-state index contributed by atoms with van der Waals surface area (Å²) < 4.78 is 32.6. The molecule has 1 aliphatic rings. The molecule has 0 aromatic heterocycles. The molecule has 0 aliphatic carbocycles. The molecule has 1 fully saturated rings. The number of carbonyl (C=O) groups is 1. The summed E-state index contributed by atoms with van der Waals surface area (Å²) in [4.78, 5) is 13.8. The number of piperidine rings is 1. The van der Waals surface area contributed by atoms with E-state index in [1.165, 1.54) is 4.90 Å². The van der Waals surface area contributed by atoms with Gasteiger partial charge < -0.3 is 15.4 Å². The number of amides is 1. The Bertz CT molecular complexity index is 506. The summed E-state index contributed by atoms with van der Waals surface area (Å²) in [7, 11) is 0. The van der Waals surface area contributed by atoms with E-state index in [9.17, 15) is 13.6 Å². The lowest BCUT2D eigenvalue weighted by molar-refractivity contribution is 0.00707. The molecule has 0 spiro atoms. The zero-order valence-corrected chi connectivity index (χ0v) is 11.4. The summed E-state index contributed by atoms with van der Waals surface area (Å²) in [5.74, 6) is -2.13. The van der Waals surface area contributed by atoms with Crippen molar-refractivity contribution >= 4 is 11.6 Å². The lowest BCUT2D eigenvalue weighted by Crippen LogP contribution is -2.43. The minimum atomic E-state index is -0.866. The lowest BCUT2D eigenvalue weighted by Gasteiger charge is -2.32. The third-order valence-electron chi connectivity index (χ3n) is 3.36. The average Bonchev–Trinajstić information content (AvgIpc) is 2.43. The Morgan fingerprint density at radius 1 is 1.50 bits per heavy atom. The van der Waals surface area contributed by atoms with Crippen LogP contribution in [0.25, 0.3) is 0 Å². The summed E-state index contributed by atoms with van der Waals surface area (Å²) in [6.07, 6.45) is 1.60. The van der Waals surface area contributed by atoms with Gasteiger partial charge in [-0.1, -0.05) is 0 Å². The van der Waals surface area contributed by atoms with Crippen molar-refractivity contribution < 1.29 is 18.3 Å². The maximum absolute atomic E-state index is 13.9. The Hall–Kier alpha value is -1.69. The zero-order valence-electron chi connectivity index (χ0n) is 11.4. The fourth-order valence-electron chi connectivity index (χ4n) is 2.43. The highest BCUT2D eigenvalue weighted by molar-refractivity contribution is 5.95. The van der Waals surface area contributed by atoms with E-state index in [0.717, 1.165) is 25.0 Å². The minimum absolute atomic E-state index is 0.0494. The number of hydrogen-bond acceptors (Lipinski definition) is 3. The van der Waals surface area contributed by atoms with Crippen molar-refractivity contribution in [1.29, 1.82) is 0 Å². The molecule has 2 rings (SSSR count). The first-order valence-electron chi connectivity index (χ1n) is 6.68. The molecule has 0 saturated carbocycles. The molecule has 1 aromatic carbocycles. The van der Waals surface area contributed by atoms with Gasteiger partial charge in [0.15, 0.2) is 5.82 Å². The van der Waals surface area contributed by atoms with E-state index >= 15 is 0 Å². The van der Waals surface area contributed by atoms with Crippen molar-refractivity contribution in [2.75, 3.05) is 25.4 Å². The number of anilines is 1. The van der Waals surface area contributed by atoms with Crippen LogP contribution in [0.1, 0.15) is 30.1 Å². The normalized spacial score (nSPS) is 19.1. The monoisotopic (exact) mass is 284 g/mol. The van der Waals surface area contributed by atoms with Crippen LogP contribution in [0, 0.1) is 11.6 Å². The Kier molecular flexibility index (Phi) is 4.54. The minimum Gasteiger partial charge on any atom is -0.396 e. The fraction of sp³-hybridized carbons (Fsp3) is 0.500. The fourth-order valence-corrected chi connectivity index (χ4v) is 2.43. The van der Waals surface area contributed by atoms with Crippen LogP contribution in [-0.4, -0.2) is 36.6 Å². The third kappa shape index (κ3) is 3.07. The van der Waals surface area contributed by atoms with E-state index in [1.807, 2.05) is 6.92 Å². The first-order chi connectivity index (χ1) is 9.52. The van der Waals surface area contributed by atoms with E-state index < -0.39 is 17.5 Å². The van der Waals surface area contributed by atoms with Gasteiger partial charge in [0.1, 0.15) is 5.82 Å². The molecule has 1 unspecified atom stereocenters. The summed E-state index contributed by atoms with van der Waals surface area (Å²) in [6, 6.07) is 1.75. The molecule has 1 aromatic rings. The van der Waals surface area contributed by atoms with Crippen LogP contribution in [0.15, 0.2) is 12.1 Å². The Morgan fingerprint density at radius 2 is 2.25 bits per heavy atom. The number of carbonyl (C=O) groups excluding carboxylic acids is 1. The van der Waals surface area contributed by atoms with Crippen molar-refractivity contribution in [2.24, 2.45) is 0 Å². The van der Waals surface area contributed by atoms with Gasteiger partial charge in [-0.05, 0) is 31.9 Å². The van der Waals surface area contributed by atoms with Gasteiger partial charge in [-0.15, -0.1) is 0 Å². The Morgan fingerprint density at radius 3 is 2.95 bits per heavy atom. The number of ether oxygens (including phenoxy) is 1. The number of likely N-dealkylation sites (tertiary alicyclic amines) is 1. The Labute approximate surface area is 116 Å². The quantitative estimate of drug-likeness (QED) is 0.866. The summed E-state index contributed by atoms with van der Waals surface area (Å²) in [5.41, 5.74) is 4.68. The molecule has 1 atom stereocenters. The highest BCUT2D eigenvalue weighted by Crippen LogP contribution is 2.21. The predicted octanol–water partition coefficient (Wildman–Crippen LogP) is 2.19. The van der Waals surface area contributed by atoms with Crippen LogP contribution < -0.4 is 5.73 Å². The number of benzene rings is 1. The highest BCUT2D eigenvalue weighted by Gasteiger charge is 2.27. The summed E-state index contributed by atoms with van der Waals surface area (Å²) >= 11 is 0. The van der Waals surface area contributed by atoms with Crippen molar-refractivity contribution in [3.8, 4) is 0 Å². The van der Waals surface area contributed by atoms with Crippen molar-refractivity contribution in [1.82, 2.24) is 4.90 Å². The van der Waals surface area contributed by atoms with Crippen molar-refractivity contribution in [2.45, 2.75) is 25.9 Å². The van der Waals surface area contributed by atoms with Gasteiger partial charge >= 0.3 is 0 Å². The van der Waals surface area contributed by atoms with Crippen LogP contribution in [-0.2, 0) is 4.74 Å². The zero-order chi connectivity index (χ0) is 14.7. The first kappa shape index (κ1) is 14.7. The van der Waals surface area contributed by atoms with Crippen LogP contribution in [0.4, 0.5) is 14.5 Å². The number of nitrogen functional groups attached to an aromatic ring is 1. The summed E-state index contributed by atoms with van der Waals surface area (Å²) in [5, 5.41) is 0. The molecule has 0 radical (unpaired) electrons. The molecule has 1 amide bonds. The van der Waals surface area contributed by atoms with E-state index in [4.69, 9.17) is 10.5 Å². The van der Waals surface area contributed by atoms with Crippen LogP contribution >= 0.6 is 0 Å². The van der Waals surface area contributed by atoms with E-state index in [0.29, 0.717) is 19.7 Å². The van der Waals surface area contributed by atoms with Gasteiger partial charge in [-0.2, -0.15) is 0 Å². The van der Waals surface area contributed by atoms with Gasteiger partial charge in [-0.25, -0.2) is 8.78 Å². The molecule has 1 saturated heterocycles. The Balaban J connectivity index is 2.19. The molecule has 1 aliphatic heterocycles. The van der Waals surface area contributed by atoms with Gasteiger partial charge in [0.2, 0.25) is 0 Å². The third-order valence-corrected chi connectivity index (χ3v) is 3.36. The van der Waals surface area contributed by atoms with Gasteiger partial charge in [0.05, 0.1) is 17.4 Å². The number of rotatable bonds is 3. The van der Waals surface area contributed by atoms with E-state index in [1.54, 1.807) is 0 Å². The van der Waals surface area contributed by atoms with Gasteiger partial charge in [0.25, 0.3) is 5.91 Å². The first-order valence-corrected chi connectivity index (χ1v) is 6.68. The second kappa shape index (κ2) is 6.17. The topological polar surface area (TPSA) is 55.6 Å². The van der Waals surface area contributed by atoms with Crippen LogP contribution in [0.3, 0.4) is 0 Å². The van der Waals surface area contributed by atoms with Crippen LogP contribution in [0.5, 0.6) is 0 Å². The molecule has 110 valence electrons. The largest absolute Gasteiger partial charge is 0.396 e. The number of nitrogens with two attached hydrogens (primary N) is 1. The molecule has 2 N–H and O–H groups in total. The SMILES string of the molecule is CCOC1CCCN(C(=O)c2cc(F)cc(N)c2F)C1. The number of halogens is 2. The van der Waals surface area contributed by atoms with Crippen molar-refractivity contribution in [3.05, 3.63) is 29.3 Å². The molecule has 20 heavy (non-hydrogen) atoms. The second-order valence-electron chi connectivity index (χ2n) is 4.83. The van der Waals surface area contributed by atoms with Gasteiger partial charge in [0, 0.05) is 19.7 Å². The highest BCUT2D eigenvalue weighted by atomic mass is 19.1. The van der Waals surface area contributed by atoms with Crippen LogP contribution in [0.2, 0.25) is 0 Å². The second-order valence-corrected chi connectivity index (χ2v) is 4.83. The number of nitrogens with zero attached hydrogens (tertiary/aromatic N) is 1. The number of hydrogen-bond donors (Lipinski definition) is 1. The van der Waals surface area contributed by atoms with Crippen molar-refractivity contribution in [3.63, 3.8) is 0 Å². The molecular formula is C14H18F2N2O2. The standard InChI is InChI=1S/C14H18F2N2O2/c1-2-20-10-4-3-5-18(8-10)14(19)11-6-9(15)7-12(17)13(11)16/h6-7,10H,2-5,8,17H2,1H3. The van der Waals surface area contributed by atoms with E-state index in [2.05, 4.69) is 0 Å². The lowest BCUT2D eigenvalue weighted by atomic mass is 10.1. The van der Waals surface area contributed by atoms with Gasteiger partial charge in [-0.3, -0.25) is 4.79 Å². The van der Waals surface area contributed by atoms with E-state index in [-0.39, 0.29) is 17.4 Å². The molecular weight excluding hydrogens is 266 g/mol. The molecule has 1 heterocycles. The molecule has 0 bridgehead atoms. The molecule has 4 nitrogen and oxygen atoms in total. The summed E-state index contributed by atoms with van der Waals surface area (Å²) in [6.45, 7) is 3.35.